The van der Waals surface area contributed by atoms with Crippen LogP contribution < -0.4 is 10.6 Å². The van der Waals surface area contributed by atoms with Crippen LogP contribution in [0.5, 0.6) is 0 Å². The van der Waals surface area contributed by atoms with E-state index in [0.29, 0.717) is 17.8 Å². The SMILES string of the molecule is O=C1Nc2c(ccc3c2CNCC3)/C1=N\O[C@@H](CCO)C(=O)O. The number of aliphatic hydroxyl groups is 1. The van der Waals surface area contributed by atoms with Crippen LogP contribution in [-0.4, -0.2) is 47.1 Å². The van der Waals surface area contributed by atoms with Crippen LogP contribution in [0.4, 0.5) is 5.69 Å². The number of nitrogens with zero attached hydrogens (tertiary/aromatic N) is 1. The number of benzene rings is 1. The maximum Gasteiger partial charge on any atom is 0.347 e. The van der Waals surface area contributed by atoms with Gasteiger partial charge in [0.2, 0.25) is 6.10 Å². The summed E-state index contributed by atoms with van der Waals surface area (Å²) < 4.78 is 0. The molecule has 3 rings (SSSR count). The zero-order chi connectivity index (χ0) is 16.4. The van der Waals surface area contributed by atoms with Crippen LogP contribution in [-0.2, 0) is 27.4 Å². The molecule has 8 heteroatoms. The monoisotopic (exact) mass is 319 g/mol. The molecule has 1 aromatic carbocycles. The quantitative estimate of drug-likeness (QED) is 0.560. The van der Waals surface area contributed by atoms with Gasteiger partial charge in [0.05, 0.1) is 5.69 Å². The molecule has 2 aliphatic heterocycles. The van der Waals surface area contributed by atoms with E-state index in [1.54, 1.807) is 6.07 Å². The van der Waals surface area contributed by atoms with E-state index in [1.165, 1.54) is 5.56 Å². The Hall–Kier alpha value is -2.45. The standard InChI is InChI=1S/C15H17N3O5/c19-6-4-11(15(21)22)23-18-13-9-2-1-8-3-5-16-7-10(8)12(9)17-14(13)20/h1-2,11,16,19H,3-7H2,(H,21,22)(H,17,18,20)/t11-/m0/s1. The van der Waals surface area contributed by atoms with Gasteiger partial charge in [0, 0.05) is 25.1 Å². The van der Waals surface area contributed by atoms with E-state index in [1.807, 2.05) is 6.07 Å². The van der Waals surface area contributed by atoms with Gasteiger partial charge in [0.25, 0.3) is 5.91 Å². The van der Waals surface area contributed by atoms with Gasteiger partial charge in [-0.3, -0.25) is 4.79 Å². The third-order valence-corrected chi connectivity index (χ3v) is 3.93. The van der Waals surface area contributed by atoms with Crippen molar-refractivity contribution in [1.29, 1.82) is 0 Å². The van der Waals surface area contributed by atoms with E-state index < -0.39 is 18.0 Å². The van der Waals surface area contributed by atoms with Gasteiger partial charge in [-0.15, -0.1) is 0 Å². The fourth-order valence-corrected chi connectivity index (χ4v) is 2.74. The molecule has 0 saturated carbocycles. The second-order valence-electron chi connectivity index (χ2n) is 5.39. The Morgan fingerprint density at radius 2 is 2.26 bits per heavy atom. The van der Waals surface area contributed by atoms with Crippen molar-refractivity contribution in [2.45, 2.75) is 25.5 Å². The van der Waals surface area contributed by atoms with Crippen LogP contribution in [0.3, 0.4) is 0 Å². The van der Waals surface area contributed by atoms with Gasteiger partial charge in [-0.05, 0) is 24.1 Å². The number of carboxylic acid groups (broad SMARTS) is 1. The normalized spacial score (nSPS) is 19.0. The Morgan fingerprint density at radius 3 is 3.00 bits per heavy atom. The lowest BCUT2D eigenvalue weighted by Crippen LogP contribution is -2.25. The lowest BCUT2D eigenvalue weighted by Gasteiger charge is -2.19. The number of oxime groups is 1. The third-order valence-electron chi connectivity index (χ3n) is 3.93. The number of hydrogen-bond acceptors (Lipinski definition) is 6. The number of carbonyl (C=O) groups excluding carboxylic acids is 1. The van der Waals surface area contributed by atoms with Crippen molar-refractivity contribution in [2.24, 2.45) is 5.16 Å². The van der Waals surface area contributed by atoms with E-state index in [9.17, 15) is 9.59 Å². The molecule has 0 fully saturated rings. The fourth-order valence-electron chi connectivity index (χ4n) is 2.74. The molecule has 4 N–H and O–H groups in total. The first-order chi connectivity index (χ1) is 11.1. The third kappa shape index (κ3) is 2.90. The molecule has 122 valence electrons. The largest absolute Gasteiger partial charge is 0.478 e. The number of fused-ring (bicyclic) bond motifs is 3. The summed E-state index contributed by atoms with van der Waals surface area (Å²) in [5.41, 5.74) is 3.56. The molecule has 2 heterocycles. The lowest BCUT2D eigenvalue weighted by molar-refractivity contribution is -0.151. The van der Waals surface area contributed by atoms with Gasteiger partial charge in [-0.2, -0.15) is 0 Å². The van der Waals surface area contributed by atoms with E-state index in [4.69, 9.17) is 15.1 Å². The molecule has 1 atom stereocenters. The first-order valence-corrected chi connectivity index (χ1v) is 7.36. The molecule has 0 aliphatic carbocycles. The molecule has 8 nitrogen and oxygen atoms in total. The molecule has 0 aromatic heterocycles. The summed E-state index contributed by atoms with van der Waals surface area (Å²) in [5.74, 6) is -1.66. The summed E-state index contributed by atoms with van der Waals surface area (Å²) in [6, 6.07) is 3.74. The van der Waals surface area contributed by atoms with Crippen molar-refractivity contribution in [1.82, 2.24) is 5.32 Å². The summed E-state index contributed by atoms with van der Waals surface area (Å²) in [6.07, 6.45) is -0.503. The molecule has 0 bridgehead atoms. The van der Waals surface area contributed by atoms with Gasteiger partial charge < -0.3 is 25.7 Å². The van der Waals surface area contributed by atoms with Crippen molar-refractivity contribution >= 4 is 23.3 Å². The van der Waals surface area contributed by atoms with Crippen molar-refractivity contribution < 1.29 is 24.6 Å². The minimum atomic E-state index is -1.29. The van der Waals surface area contributed by atoms with Crippen LogP contribution in [0, 0.1) is 0 Å². The average molecular weight is 319 g/mol. The Labute approximate surface area is 132 Å². The second-order valence-corrected chi connectivity index (χ2v) is 5.39. The maximum absolute atomic E-state index is 12.1. The summed E-state index contributed by atoms with van der Waals surface area (Å²) >= 11 is 0. The van der Waals surface area contributed by atoms with Crippen molar-refractivity contribution in [3.63, 3.8) is 0 Å². The van der Waals surface area contributed by atoms with Crippen LogP contribution >= 0.6 is 0 Å². The van der Waals surface area contributed by atoms with E-state index in [2.05, 4.69) is 15.8 Å². The topological polar surface area (TPSA) is 120 Å². The van der Waals surface area contributed by atoms with Crippen LogP contribution in [0.15, 0.2) is 17.3 Å². The van der Waals surface area contributed by atoms with Crippen molar-refractivity contribution in [2.75, 3.05) is 18.5 Å². The second kappa shape index (κ2) is 6.35. The molecule has 1 amide bonds. The molecular formula is C15H17N3O5. The fraction of sp³-hybridized carbons (Fsp3) is 0.400. The average Bonchev–Trinajstić information content (AvgIpc) is 2.87. The number of anilines is 1. The number of rotatable bonds is 5. The number of aliphatic hydroxyl groups excluding tert-OH is 1. The summed E-state index contributed by atoms with van der Waals surface area (Å²) in [6.45, 7) is 1.21. The number of carboxylic acids is 1. The van der Waals surface area contributed by atoms with Gasteiger partial charge in [0.15, 0.2) is 5.71 Å². The van der Waals surface area contributed by atoms with E-state index in [-0.39, 0.29) is 18.7 Å². The van der Waals surface area contributed by atoms with E-state index in [0.717, 1.165) is 18.5 Å². The molecule has 2 aliphatic rings. The van der Waals surface area contributed by atoms with Crippen LogP contribution in [0.1, 0.15) is 23.1 Å². The molecular weight excluding hydrogens is 302 g/mol. The molecule has 1 aromatic rings. The summed E-state index contributed by atoms with van der Waals surface area (Å²) in [5, 5.41) is 27.6. The minimum Gasteiger partial charge on any atom is -0.478 e. The molecule has 23 heavy (non-hydrogen) atoms. The maximum atomic E-state index is 12.1. The molecule has 0 radical (unpaired) electrons. The van der Waals surface area contributed by atoms with Crippen molar-refractivity contribution in [3.05, 3.63) is 28.8 Å². The zero-order valence-electron chi connectivity index (χ0n) is 12.3. The number of aliphatic carboxylic acids is 1. The van der Waals surface area contributed by atoms with Crippen molar-refractivity contribution in [3.8, 4) is 0 Å². The smallest absolute Gasteiger partial charge is 0.347 e. The van der Waals surface area contributed by atoms with Gasteiger partial charge in [-0.1, -0.05) is 17.3 Å². The first-order valence-electron chi connectivity index (χ1n) is 7.36. The highest BCUT2D eigenvalue weighted by Crippen LogP contribution is 2.32. The zero-order valence-corrected chi connectivity index (χ0v) is 12.3. The highest BCUT2D eigenvalue weighted by molar-refractivity contribution is 6.53. The summed E-state index contributed by atoms with van der Waals surface area (Å²) in [7, 11) is 0. The number of amides is 1. The summed E-state index contributed by atoms with van der Waals surface area (Å²) in [4.78, 5) is 28.1. The number of hydrogen-bond donors (Lipinski definition) is 4. The molecule has 0 saturated heterocycles. The first kappa shape index (κ1) is 15.4. The number of carbonyl (C=O) groups is 2. The minimum absolute atomic E-state index is 0.0533. The number of nitrogens with one attached hydrogen (secondary N) is 2. The highest BCUT2D eigenvalue weighted by Gasteiger charge is 2.31. The Morgan fingerprint density at radius 1 is 1.43 bits per heavy atom. The van der Waals surface area contributed by atoms with Gasteiger partial charge in [0.1, 0.15) is 0 Å². The highest BCUT2D eigenvalue weighted by atomic mass is 16.6. The Balaban J connectivity index is 1.90. The Bertz CT molecular complexity index is 686. The van der Waals surface area contributed by atoms with Crippen LogP contribution in [0.25, 0.3) is 0 Å². The predicted octanol–water partition coefficient (Wildman–Crippen LogP) is -0.159. The van der Waals surface area contributed by atoms with Crippen LogP contribution in [0.2, 0.25) is 0 Å². The Kier molecular flexibility index (Phi) is 4.26. The lowest BCUT2D eigenvalue weighted by atomic mass is 9.96. The molecule has 0 spiro atoms. The van der Waals surface area contributed by atoms with E-state index >= 15 is 0 Å². The predicted molar refractivity (Wildman–Crippen MR) is 81.2 cm³/mol. The van der Waals surface area contributed by atoms with Gasteiger partial charge >= 0.3 is 5.97 Å². The van der Waals surface area contributed by atoms with Gasteiger partial charge in [-0.25, -0.2) is 4.79 Å². The molecule has 0 unspecified atom stereocenters.